The summed E-state index contributed by atoms with van der Waals surface area (Å²) in [6.07, 6.45) is 0.508. The van der Waals surface area contributed by atoms with Gasteiger partial charge in [0, 0.05) is 30.8 Å². The van der Waals surface area contributed by atoms with Crippen molar-refractivity contribution >= 4 is 11.9 Å². The van der Waals surface area contributed by atoms with Gasteiger partial charge in [-0.05, 0) is 17.0 Å². The molecule has 0 aromatic heterocycles. The van der Waals surface area contributed by atoms with E-state index in [-0.39, 0.29) is 31.2 Å². The number of carbonyl (C=O) groups excluding carboxylic acids is 1. The first-order valence-corrected chi connectivity index (χ1v) is 6.69. The number of carboxylic acid groups (broad SMARTS) is 1. The average Bonchev–Trinajstić information content (AvgIpc) is 2.84. The van der Waals surface area contributed by atoms with E-state index >= 15 is 0 Å². The van der Waals surface area contributed by atoms with Crippen LogP contribution < -0.4 is 0 Å². The molecular formula is C14H16N4O3. The number of azide groups is 1. The molecule has 1 aromatic rings. The lowest BCUT2D eigenvalue weighted by molar-refractivity contribution is -0.148. The minimum atomic E-state index is -1.02. The van der Waals surface area contributed by atoms with E-state index in [0.29, 0.717) is 6.54 Å². The molecule has 1 amide bonds. The number of hydrogen-bond donors (Lipinski definition) is 1. The SMILES string of the molecule is [N-]=[N+]=NCC1CC(=O)N([C@@H](Cc2ccccc2)C(=O)O)C1. The summed E-state index contributed by atoms with van der Waals surface area (Å²) >= 11 is 0. The molecule has 1 heterocycles. The molecule has 1 aliphatic heterocycles. The zero-order valence-corrected chi connectivity index (χ0v) is 11.4. The Kier molecular flexibility index (Phi) is 4.79. The van der Waals surface area contributed by atoms with E-state index < -0.39 is 12.0 Å². The maximum absolute atomic E-state index is 12.0. The van der Waals surface area contributed by atoms with Crippen molar-refractivity contribution in [1.82, 2.24) is 4.90 Å². The molecule has 0 saturated carbocycles. The Hall–Kier alpha value is -2.53. The fourth-order valence-electron chi connectivity index (χ4n) is 2.55. The number of carbonyl (C=O) groups is 2. The highest BCUT2D eigenvalue weighted by molar-refractivity contribution is 5.85. The number of benzene rings is 1. The molecule has 1 saturated heterocycles. The van der Waals surface area contributed by atoms with Crippen LogP contribution in [0.3, 0.4) is 0 Å². The van der Waals surface area contributed by atoms with E-state index in [0.717, 1.165) is 5.56 Å². The van der Waals surface area contributed by atoms with Crippen LogP contribution in [-0.4, -0.2) is 41.0 Å². The molecule has 0 bridgehead atoms. The molecule has 21 heavy (non-hydrogen) atoms. The first-order valence-electron chi connectivity index (χ1n) is 6.69. The van der Waals surface area contributed by atoms with Crippen LogP contribution in [-0.2, 0) is 16.0 Å². The number of nitrogens with zero attached hydrogens (tertiary/aromatic N) is 4. The summed E-state index contributed by atoms with van der Waals surface area (Å²) in [5.74, 6) is -1.32. The molecule has 0 spiro atoms. The van der Waals surface area contributed by atoms with Crippen molar-refractivity contribution in [3.05, 3.63) is 46.3 Å². The van der Waals surface area contributed by atoms with Gasteiger partial charge in [0.05, 0.1) is 0 Å². The lowest BCUT2D eigenvalue weighted by atomic mass is 10.0. The van der Waals surface area contributed by atoms with Crippen LogP contribution in [0.5, 0.6) is 0 Å². The summed E-state index contributed by atoms with van der Waals surface area (Å²) in [4.78, 5) is 27.6. The van der Waals surface area contributed by atoms with Crippen LogP contribution >= 0.6 is 0 Å². The lowest BCUT2D eigenvalue weighted by Crippen LogP contribution is -2.43. The molecule has 1 unspecified atom stereocenters. The van der Waals surface area contributed by atoms with Gasteiger partial charge in [-0.25, -0.2) is 4.79 Å². The van der Waals surface area contributed by atoms with Crippen molar-refractivity contribution in [1.29, 1.82) is 0 Å². The predicted molar refractivity (Wildman–Crippen MR) is 75.4 cm³/mol. The van der Waals surface area contributed by atoms with Gasteiger partial charge in [-0.15, -0.1) is 0 Å². The zero-order chi connectivity index (χ0) is 15.2. The van der Waals surface area contributed by atoms with Gasteiger partial charge in [0.1, 0.15) is 6.04 Å². The molecule has 110 valence electrons. The Morgan fingerprint density at radius 1 is 1.48 bits per heavy atom. The van der Waals surface area contributed by atoms with E-state index in [4.69, 9.17) is 5.53 Å². The minimum absolute atomic E-state index is 0.106. The molecule has 0 radical (unpaired) electrons. The van der Waals surface area contributed by atoms with Crippen molar-refractivity contribution in [2.24, 2.45) is 11.0 Å². The van der Waals surface area contributed by atoms with E-state index in [9.17, 15) is 14.7 Å². The third-order valence-electron chi connectivity index (χ3n) is 3.57. The van der Waals surface area contributed by atoms with Gasteiger partial charge in [-0.2, -0.15) is 0 Å². The molecule has 7 heteroatoms. The van der Waals surface area contributed by atoms with Gasteiger partial charge in [0.25, 0.3) is 0 Å². The van der Waals surface area contributed by atoms with Crippen molar-refractivity contribution in [2.45, 2.75) is 18.9 Å². The second kappa shape index (κ2) is 6.76. The predicted octanol–water partition coefficient (Wildman–Crippen LogP) is 1.84. The van der Waals surface area contributed by atoms with Crippen molar-refractivity contribution in [3.63, 3.8) is 0 Å². The number of hydrogen-bond acceptors (Lipinski definition) is 3. The molecular weight excluding hydrogens is 272 g/mol. The van der Waals surface area contributed by atoms with E-state index in [1.807, 2.05) is 30.3 Å². The smallest absolute Gasteiger partial charge is 0.326 e. The topological polar surface area (TPSA) is 106 Å². The van der Waals surface area contributed by atoms with Gasteiger partial charge in [-0.3, -0.25) is 4.79 Å². The summed E-state index contributed by atoms with van der Waals surface area (Å²) in [7, 11) is 0. The quantitative estimate of drug-likeness (QED) is 0.490. The highest BCUT2D eigenvalue weighted by Crippen LogP contribution is 2.22. The Bertz CT molecular complexity index is 569. The molecule has 2 rings (SSSR count). The van der Waals surface area contributed by atoms with E-state index in [1.54, 1.807) is 0 Å². The maximum Gasteiger partial charge on any atom is 0.326 e. The monoisotopic (exact) mass is 288 g/mol. The Morgan fingerprint density at radius 3 is 2.81 bits per heavy atom. The van der Waals surface area contributed by atoms with Gasteiger partial charge in [0.15, 0.2) is 0 Å². The van der Waals surface area contributed by atoms with Crippen LogP contribution in [0.1, 0.15) is 12.0 Å². The number of amides is 1. The van der Waals surface area contributed by atoms with Crippen molar-refractivity contribution in [2.75, 3.05) is 13.1 Å². The first-order chi connectivity index (χ1) is 10.1. The molecule has 0 aliphatic carbocycles. The average molecular weight is 288 g/mol. The van der Waals surface area contributed by atoms with Crippen LogP contribution in [0.4, 0.5) is 0 Å². The van der Waals surface area contributed by atoms with Crippen LogP contribution in [0, 0.1) is 5.92 Å². The molecule has 1 aliphatic rings. The summed E-state index contributed by atoms with van der Waals surface area (Å²) in [5, 5.41) is 12.9. The first kappa shape index (κ1) is 14.9. The summed E-state index contributed by atoms with van der Waals surface area (Å²) < 4.78 is 0. The third kappa shape index (κ3) is 3.73. The third-order valence-corrected chi connectivity index (χ3v) is 3.57. The van der Waals surface area contributed by atoms with Crippen LogP contribution in [0.25, 0.3) is 10.4 Å². The largest absolute Gasteiger partial charge is 0.480 e. The van der Waals surface area contributed by atoms with Gasteiger partial charge >= 0.3 is 5.97 Å². The fraction of sp³-hybridized carbons (Fsp3) is 0.429. The standard InChI is InChI=1S/C14H16N4O3/c15-17-16-8-11-7-13(19)18(9-11)12(14(20)21)6-10-4-2-1-3-5-10/h1-5,11-12H,6-9H2,(H,20,21)/t11?,12-/m0/s1. The van der Waals surface area contributed by atoms with Crippen LogP contribution in [0.15, 0.2) is 35.4 Å². The minimum Gasteiger partial charge on any atom is -0.480 e. The highest BCUT2D eigenvalue weighted by atomic mass is 16.4. The number of aliphatic carboxylic acids is 1. The molecule has 7 nitrogen and oxygen atoms in total. The highest BCUT2D eigenvalue weighted by Gasteiger charge is 2.37. The summed E-state index contributed by atoms with van der Waals surface area (Å²) in [6, 6.07) is 8.34. The second-order valence-corrected chi connectivity index (χ2v) is 5.07. The Balaban J connectivity index is 2.10. The Morgan fingerprint density at radius 2 is 2.19 bits per heavy atom. The summed E-state index contributed by atoms with van der Waals surface area (Å²) in [6.45, 7) is 0.540. The number of rotatable bonds is 6. The molecule has 2 atom stereocenters. The zero-order valence-electron chi connectivity index (χ0n) is 11.4. The van der Waals surface area contributed by atoms with E-state index in [1.165, 1.54) is 4.90 Å². The van der Waals surface area contributed by atoms with E-state index in [2.05, 4.69) is 10.0 Å². The summed E-state index contributed by atoms with van der Waals surface area (Å²) in [5.41, 5.74) is 9.19. The van der Waals surface area contributed by atoms with Crippen molar-refractivity contribution in [3.8, 4) is 0 Å². The Labute approximate surface area is 121 Å². The second-order valence-electron chi connectivity index (χ2n) is 5.07. The lowest BCUT2D eigenvalue weighted by Gasteiger charge is -2.24. The van der Waals surface area contributed by atoms with Gasteiger partial charge < -0.3 is 10.0 Å². The molecule has 1 N–H and O–H groups in total. The van der Waals surface area contributed by atoms with Crippen molar-refractivity contribution < 1.29 is 14.7 Å². The number of likely N-dealkylation sites (tertiary alicyclic amines) is 1. The van der Waals surface area contributed by atoms with Gasteiger partial charge in [-0.1, -0.05) is 35.4 Å². The fourth-order valence-corrected chi connectivity index (χ4v) is 2.55. The normalized spacial score (nSPS) is 19.1. The van der Waals surface area contributed by atoms with Crippen LogP contribution in [0.2, 0.25) is 0 Å². The molecule has 1 fully saturated rings. The number of carboxylic acids is 1. The molecule has 1 aromatic carbocycles. The maximum atomic E-state index is 12.0. The van der Waals surface area contributed by atoms with Gasteiger partial charge in [0.2, 0.25) is 5.91 Å².